The van der Waals surface area contributed by atoms with Gasteiger partial charge in [-0.15, -0.1) is 0 Å². The van der Waals surface area contributed by atoms with E-state index in [-0.39, 0.29) is 42.9 Å². The molecule has 0 saturated heterocycles. The zero-order chi connectivity index (χ0) is 44.1. The Bertz CT molecular complexity index is 2460. The van der Waals surface area contributed by atoms with Crippen LogP contribution >= 0.6 is 11.6 Å². The summed E-state index contributed by atoms with van der Waals surface area (Å²) in [5.74, 6) is -0.185. The molecule has 0 spiro atoms. The van der Waals surface area contributed by atoms with E-state index < -0.39 is 12.2 Å². The summed E-state index contributed by atoms with van der Waals surface area (Å²) >= 11 is 6.04. The van der Waals surface area contributed by atoms with Crippen LogP contribution in [0.25, 0.3) is 22.3 Å². The van der Waals surface area contributed by atoms with Crippen molar-refractivity contribution in [2.75, 3.05) is 0 Å². The third kappa shape index (κ3) is 12.2. The maximum Gasteiger partial charge on any atom is 0.253 e. The van der Waals surface area contributed by atoms with E-state index in [0.717, 1.165) is 61.0 Å². The Morgan fingerprint density at radius 3 is 1.71 bits per heavy atom. The minimum absolute atomic E-state index is 0.216. The molecule has 4 heterocycles. The fraction of sp³-hybridized carbons (Fsp3) is 0.306. The van der Waals surface area contributed by atoms with Crippen molar-refractivity contribution in [3.05, 3.63) is 155 Å². The molecule has 326 valence electrons. The Kier molecular flexibility index (Phi) is 15.4. The topological polar surface area (TPSA) is 169 Å². The molecule has 8 rings (SSSR count). The summed E-state index contributed by atoms with van der Waals surface area (Å²) < 4.78 is 25.4. The molecule has 0 radical (unpaired) electrons. The number of aryl methyl sites for hydroxylation is 1. The normalized spacial score (nSPS) is 18.3. The first-order valence-corrected chi connectivity index (χ1v) is 21.5. The molecule has 2 aliphatic carbocycles. The number of aliphatic hydroxyl groups excluding tert-OH is 2. The van der Waals surface area contributed by atoms with E-state index in [1.807, 2.05) is 49.4 Å². The van der Waals surface area contributed by atoms with Crippen LogP contribution in [-0.4, -0.2) is 66.3 Å². The molecule has 2 fully saturated rings. The SMILES string of the molecule is Cc1cccnc1COc1ncc(C(=O)N[C@@H]2CCCC[C@H]2O)cc1-c1ccc(F)cc1.O=C(N[C@@H]1CCCC[C@H]1O)c1cnc(OCc2ccccn2)c(-c2ccc(Cl)cc2)c1. The number of hydrogen-bond donors (Lipinski definition) is 4. The monoisotopic (exact) mass is 872 g/mol. The summed E-state index contributed by atoms with van der Waals surface area (Å²) in [6.45, 7) is 2.43. The maximum atomic E-state index is 13.5. The van der Waals surface area contributed by atoms with Crippen molar-refractivity contribution < 1.29 is 33.7 Å². The summed E-state index contributed by atoms with van der Waals surface area (Å²) in [6.07, 6.45) is 12.1. The van der Waals surface area contributed by atoms with E-state index in [4.69, 9.17) is 21.1 Å². The fourth-order valence-corrected chi connectivity index (χ4v) is 7.68. The number of pyridine rings is 4. The lowest BCUT2D eigenvalue weighted by molar-refractivity contribution is 0.0715. The van der Waals surface area contributed by atoms with Crippen LogP contribution < -0.4 is 20.1 Å². The summed E-state index contributed by atoms with van der Waals surface area (Å²) in [5, 5.41) is 26.8. The molecule has 0 aliphatic heterocycles. The molecule has 4 atom stereocenters. The Balaban J connectivity index is 0.000000189. The van der Waals surface area contributed by atoms with Gasteiger partial charge in [0.15, 0.2) is 0 Å². The predicted octanol–water partition coefficient (Wildman–Crippen LogP) is 8.61. The second-order valence-electron chi connectivity index (χ2n) is 15.7. The number of amides is 2. The number of halogens is 2. The lowest BCUT2D eigenvalue weighted by Gasteiger charge is -2.28. The minimum Gasteiger partial charge on any atom is -0.471 e. The number of carbonyl (C=O) groups is 2. The van der Waals surface area contributed by atoms with Gasteiger partial charge in [-0.05, 0) is 104 Å². The molecular formula is C49H50ClFN6O6. The smallest absolute Gasteiger partial charge is 0.253 e. The molecule has 0 bridgehead atoms. The molecule has 2 aliphatic rings. The average molecular weight is 873 g/mol. The summed E-state index contributed by atoms with van der Waals surface area (Å²) in [6, 6.07) is 25.6. The van der Waals surface area contributed by atoms with E-state index in [0.29, 0.717) is 57.4 Å². The number of benzene rings is 2. The summed E-state index contributed by atoms with van der Waals surface area (Å²) in [5.41, 5.74) is 6.10. The van der Waals surface area contributed by atoms with Crippen LogP contribution in [0.15, 0.2) is 116 Å². The highest BCUT2D eigenvalue weighted by atomic mass is 35.5. The van der Waals surface area contributed by atoms with E-state index in [1.165, 1.54) is 24.5 Å². The molecule has 2 aromatic carbocycles. The average Bonchev–Trinajstić information content (AvgIpc) is 3.30. The third-order valence-electron chi connectivity index (χ3n) is 11.2. The van der Waals surface area contributed by atoms with Gasteiger partial charge in [0.2, 0.25) is 11.8 Å². The van der Waals surface area contributed by atoms with Crippen LogP contribution in [0.1, 0.15) is 89.0 Å². The highest BCUT2D eigenvalue weighted by Gasteiger charge is 2.27. The van der Waals surface area contributed by atoms with E-state index in [1.54, 1.807) is 48.8 Å². The van der Waals surface area contributed by atoms with Crippen molar-refractivity contribution in [1.82, 2.24) is 30.6 Å². The van der Waals surface area contributed by atoms with E-state index in [2.05, 4.69) is 30.6 Å². The van der Waals surface area contributed by atoms with E-state index >= 15 is 0 Å². The number of nitrogens with zero attached hydrogens (tertiary/aromatic N) is 4. The first kappa shape index (κ1) is 44.8. The van der Waals surface area contributed by atoms with Crippen LogP contribution in [0.4, 0.5) is 4.39 Å². The van der Waals surface area contributed by atoms with Crippen LogP contribution in [0.5, 0.6) is 11.8 Å². The molecular weight excluding hydrogens is 823 g/mol. The van der Waals surface area contributed by atoms with Gasteiger partial charge in [0.05, 0.1) is 46.8 Å². The highest BCUT2D eigenvalue weighted by molar-refractivity contribution is 6.30. The van der Waals surface area contributed by atoms with Crippen LogP contribution in [0, 0.1) is 12.7 Å². The molecule has 0 unspecified atom stereocenters. The van der Waals surface area contributed by atoms with Gasteiger partial charge in [-0.25, -0.2) is 14.4 Å². The molecule has 4 N–H and O–H groups in total. The molecule has 2 amide bonds. The van der Waals surface area contributed by atoms with Gasteiger partial charge < -0.3 is 30.3 Å². The molecule has 63 heavy (non-hydrogen) atoms. The Hall–Kier alpha value is -6.28. The zero-order valence-electron chi connectivity index (χ0n) is 34.9. The number of ether oxygens (including phenoxy) is 2. The van der Waals surface area contributed by atoms with Gasteiger partial charge in [-0.2, -0.15) is 0 Å². The van der Waals surface area contributed by atoms with Crippen LogP contribution in [0.2, 0.25) is 5.02 Å². The highest BCUT2D eigenvalue weighted by Crippen LogP contribution is 2.32. The standard InChI is InChI=1S/C25H26FN3O3.C24H24ClN3O3/c1-16-5-4-12-27-22(16)15-32-25-20(17-8-10-19(26)11-9-17)13-18(14-28-25)24(31)29-21-6-2-3-7-23(21)30;25-18-10-8-16(9-11-18)20-13-17(23(30)28-21-6-1-2-7-22(21)29)14-27-24(20)31-15-19-5-3-4-12-26-19/h4-5,8-14,21,23,30H,2-3,6-7,15H2,1H3,(H,29,31);3-5,8-14,21-22,29H,1-2,6-7,15H2,(H,28,30)/t21-,23-;21-,22-/m11/s1. The van der Waals surface area contributed by atoms with Crippen LogP contribution in [0.3, 0.4) is 0 Å². The number of nitrogens with one attached hydrogen (secondary N) is 2. The quantitative estimate of drug-likeness (QED) is 0.0935. The third-order valence-corrected chi connectivity index (χ3v) is 11.4. The second-order valence-corrected chi connectivity index (χ2v) is 16.1. The van der Waals surface area contributed by atoms with Crippen molar-refractivity contribution >= 4 is 23.4 Å². The lowest BCUT2D eigenvalue weighted by Crippen LogP contribution is -2.45. The van der Waals surface area contributed by atoms with Gasteiger partial charge in [-0.3, -0.25) is 19.6 Å². The van der Waals surface area contributed by atoms with Gasteiger partial charge in [-0.1, -0.05) is 73.7 Å². The number of hydrogen-bond acceptors (Lipinski definition) is 10. The number of rotatable bonds is 12. The molecule has 2 saturated carbocycles. The molecule has 14 heteroatoms. The molecule has 12 nitrogen and oxygen atoms in total. The van der Waals surface area contributed by atoms with Gasteiger partial charge in [0.1, 0.15) is 19.0 Å². The number of aromatic nitrogens is 4. The Morgan fingerprint density at radius 1 is 0.667 bits per heavy atom. The summed E-state index contributed by atoms with van der Waals surface area (Å²) in [4.78, 5) is 43.1. The number of carbonyl (C=O) groups excluding carboxylic acids is 2. The number of aliphatic hydroxyl groups is 2. The van der Waals surface area contributed by atoms with Crippen molar-refractivity contribution in [3.63, 3.8) is 0 Å². The first-order chi connectivity index (χ1) is 30.6. The first-order valence-electron chi connectivity index (χ1n) is 21.2. The Morgan fingerprint density at radius 2 is 1.19 bits per heavy atom. The second kappa shape index (κ2) is 21.7. The lowest BCUT2D eigenvalue weighted by atomic mass is 9.92. The van der Waals surface area contributed by atoms with Crippen molar-refractivity contribution in [2.24, 2.45) is 0 Å². The largest absolute Gasteiger partial charge is 0.471 e. The van der Waals surface area contributed by atoms with Crippen molar-refractivity contribution in [2.45, 2.75) is 95.8 Å². The predicted molar refractivity (Wildman–Crippen MR) is 238 cm³/mol. The Labute approximate surface area is 371 Å². The molecule has 4 aromatic heterocycles. The molecule has 6 aromatic rings. The fourth-order valence-electron chi connectivity index (χ4n) is 7.55. The van der Waals surface area contributed by atoms with Crippen molar-refractivity contribution in [3.8, 4) is 34.0 Å². The van der Waals surface area contributed by atoms with Crippen molar-refractivity contribution in [1.29, 1.82) is 0 Å². The summed E-state index contributed by atoms with van der Waals surface area (Å²) in [7, 11) is 0. The zero-order valence-corrected chi connectivity index (χ0v) is 35.7. The van der Waals surface area contributed by atoms with E-state index in [9.17, 15) is 24.2 Å². The minimum atomic E-state index is -0.540. The maximum absolute atomic E-state index is 13.5. The van der Waals surface area contributed by atoms with Crippen LogP contribution in [-0.2, 0) is 13.2 Å². The van der Waals surface area contributed by atoms with Gasteiger partial charge in [0, 0.05) is 40.9 Å². The van der Waals surface area contributed by atoms with Gasteiger partial charge >= 0.3 is 0 Å². The van der Waals surface area contributed by atoms with Gasteiger partial charge in [0.25, 0.3) is 11.8 Å².